The minimum atomic E-state index is -0.0136. The molecule has 1 aromatic heterocycles. The molecule has 0 radical (unpaired) electrons. The van der Waals surface area contributed by atoms with Crippen molar-refractivity contribution in [2.75, 3.05) is 27.2 Å². The molecule has 3 rings (SSSR count). The quantitative estimate of drug-likeness (QED) is 0.504. The van der Waals surface area contributed by atoms with Crippen molar-refractivity contribution in [1.29, 1.82) is 0 Å². The van der Waals surface area contributed by atoms with Gasteiger partial charge in [-0.1, -0.05) is 34.1 Å². The lowest BCUT2D eigenvalue weighted by Crippen LogP contribution is -2.41. The maximum absolute atomic E-state index is 11.9. The van der Waals surface area contributed by atoms with E-state index in [9.17, 15) is 4.79 Å². The summed E-state index contributed by atoms with van der Waals surface area (Å²) in [6.07, 6.45) is 2.32. The second kappa shape index (κ2) is 8.89. The van der Waals surface area contributed by atoms with Crippen LogP contribution < -0.4 is 10.6 Å². The highest BCUT2D eigenvalue weighted by Gasteiger charge is 2.44. The lowest BCUT2D eigenvalue weighted by atomic mass is 9.96. The van der Waals surface area contributed by atoms with Gasteiger partial charge in [-0.05, 0) is 42.0 Å². The van der Waals surface area contributed by atoms with Gasteiger partial charge >= 0.3 is 0 Å². The number of amides is 1. The van der Waals surface area contributed by atoms with Gasteiger partial charge in [-0.15, -0.1) is 11.3 Å². The molecule has 7 heteroatoms. The van der Waals surface area contributed by atoms with Crippen LogP contribution in [0.25, 0.3) is 0 Å². The number of carbonyl (C=O) groups excluding carboxylic acids is 1. The normalized spacial score (nSPS) is 15.3. The third kappa shape index (κ3) is 5.56. The fraction of sp³-hybridized carbons (Fsp3) is 0.400. The summed E-state index contributed by atoms with van der Waals surface area (Å²) in [5.74, 6) is 0.667. The van der Waals surface area contributed by atoms with Crippen molar-refractivity contribution in [2.24, 2.45) is 4.99 Å². The van der Waals surface area contributed by atoms with E-state index in [0.29, 0.717) is 12.5 Å². The molecular weight excluding hydrogens is 424 g/mol. The predicted molar refractivity (Wildman–Crippen MR) is 115 cm³/mol. The Kier molecular flexibility index (Phi) is 6.55. The number of benzene rings is 1. The predicted octanol–water partition coefficient (Wildman–Crippen LogP) is 3.37. The summed E-state index contributed by atoms with van der Waals surface area (Å²) in [7, 11) is 3.49. The van der Waals surface area contributed by atoms with Gasteiger partial charge in [0.15, 0.2) is 5.96 Å². The molecule has 1 aliphatic carbocycles. The van der Waals surface area contributed by atoms with Gasteiger partial charge in [-0.25, -0.2) is 4.99 Å². The Hall–Kier alpha value is -1.86. The molecule has 0 aliphatic heterocycles. The van der Waals surface area contributed by atoms with Crippen molar-refractivity contribution in [3.63, 3.8) is 0 Å². The van der Waals surface area contributed by atoms with Gasteiger partial charge in [-0.3, -0.25) is 4.79 Å². The zero-order valence-corrected chi connectivity index (χ0v) is 18.1. The lowest BCUT2D eigenvalue weighted by Gasteiger charge is -2.20. The van der Waals surface area contributed by atoms with Crippen molar-refractivity contribution in [1.82, 2.24) is 15.5 Å². The first-order valence-corrected chi connectivity index (χ1v) is 10.7. The average molecular weight is 449 g/mol. The van der Waals surface area contributed by atoms with Gasteiger partial charge in [0, 0.05) is 35.4 Å². The Morgan fingerprint density at radius 1 is 1.26 bits per heavy atom. The van der Waals surface area contributed by atoms with Crippen molar-refractivity contribution in [3.8, 4) is 0 Å². The van der Waals surface area contributed by atoms with Crippen molar-refractivity contribution in [3.05, 3.63) is 56.7 Å². The van der Waals surface area contributed by atoms with Crippen LogP contribution in [0.5, 0.6) is 0 Å². The van der Waals surface area contributed by atoms with Crippen LogP contribution in [0.4, 0.5) is 0 Å². The highest BCUT2D eigenvalue weighted by Crippen LogP contribution is 2.48. The summed E-state index contributed by atoms with van der Waals surface area (Å²) in [4.78, 5) is 19.2. The summed E-state index contributed by atoms with van der Waals surface area (Å²) >= 11 is 5.27. The Balaban J connectivity index is 1.65. The van der Waals surface area contributed by atoms with E-state index in [1.807, 2.05) is 6.07 Å². The smallest absolute Gasteiger partial charge is 0.243 e. The summed E-state index contributed by atoms with van der Waals surface area (Å²) in [6.45, 7) is 1.64. The van der Waals surface area contributed by atoms with Gasteiger partial charge in [0.2, 0.25) is 5.91 Å². The molecule has 0 bridgehead atoms. The van der Waals surface area contributed by atoms with Crippen LogP contribution in [0, 0.1) is 0 Å². The maximum Gasteiger partial charge on any atom is 0.243 e. The highest BCUT2D eigenvalue weighted by atomic mass is 79.9. The Bertz CT molecular complexity index is 800. The van der Waals surface area contributed by atoms with Gasteiger partial charge in [0.25, 0.3) is 0 Å². The lowest BCUT2D eigenvalue weighted by molar-refractivity contribution is -0.127. The van der Waals surface area contributed by atoms with E-state index in [0.717, 1.165) is 23.9 Å². The van der Waals surface area contributed by atoms with Crippen molar-refractivity contribution >= 4 is 39.1 Å². The van der Waals surface area contributed by atoms with E-state index in [4.69, 9.17) is 0 Å². The largest absolute Gasteiger partial charge is 0.355 e. The molecule has 0 spiro atoms. The molecule has 1 saturated carbocycles. The summed E-state index contributed by atoms with van der Waals surface area (Å²) in [5, 5.41) is 8.86. The number of nitrogens with zero attached hydrogens (tertiary/aromatic N) is 2. The monoisotopic (exact) mass is 448 g/mol. The van der Waals surface area contributed by atoms with Crippen LogP contribution in [0.2, 0.25) is 0 Å². The Morgan fingerprint density at radius 2 is 2.07 bits per heavy atom. The minimum absolute atomic E-state index is 0.0136. The molecule has 5 nitrogen and oxygen atoms in total. The Morgan fingerprint density at radius 3 is 2.70 bits per heavy atom. The summed E-state index contributed by atoms with van der Waals surface area (Å²) in [5.41, 5.74) is 1.49. The topological polar surface area (TPSA) is 56.7 Å². The molecule has 1 heterocycles. The Labute approximate surface area is 173 Å². The van der Waals surface area contributed by atoms with Crippen LogP contribution >= 0.6 is 27.3 Å². The molecular formula is C20H25BrN4OS. The van der Waals surface area contributed by atoms with Crippen LogP contribution in [0.3, 0.4) is 0 Å². The molecule has 1 fully saturated rings. The highest BCUT2D eigenvalue weighted by molar-refractivity contribution is 9.10. The summed E-state index contributed by atoms with van der Waals surface area (Å²) < 4.78 is 1.10. The number of nitrogens with one attached hydrogen (secondary N) is 2. The number of aliphatic imine (C=N–C) groups is 1. The van der Waals surface area contributed by atoms with E-state index >= 15 is 0 Å². The molecule has 2 N–H and O–H groups in total. The number of hydrogen-bond acceptors (Lipinski definition) is 3. The standard InChI is InChI=1S/C20H25BrN4OS/c1-25(2)18(26)13-23-19(22-12-17-7-4-10-27-17)24-14-20(8-9-20)15-5-3-6-16(21)11-15/h3-7,10-11H,8-9,12-14H2,1-2H3,(H2,22,23,24). The minimum Gasteiger partial charge on any atom is -0.355 e. The van der Waals surface area contributed by atoms with Crippen LogP contribution in [-0.2, 0) is 16.8 Å². The van der Waals surface area contributed by atoms with Crippen LogP contribution in [-0.4, -0.2) is 44.0 Å². The zero-order valence-electron chi connectivity index (χ0n) is 15.7. The second-order valence-electron chi connectivity index (χ2n) is 7.03. The van der Waals surface area contributed by atoms with Crippen molar-refractivity contribution < 1.29 is 4.79 Å². The fourth-order valence-electron chi connectivity index (χ4n) is 2.84. The third-order valence-electron chi connectivity index (χ3n) is 4.77. The SMILES string of the molecule is CN(C)C(=O)CN=C(NCc1cccs1)NCC1(c2cccc(Br)c2)CC1. The van der Waals surface area contributed by atoms with E-state index in [2.05, 4.69) is 67.3 Å². The van der Waals surface area contributed by atoms with E-state index in [1.165, 1.54) is 10.4 Å². The molecule has 2 aromatic rings. The molecule has 144 valence electrons. The van der Waals surface area contributed by atoms with Gasteiger partial charge in [0.05, 0.1) is 6.54 Å². The second-order valence-corrected chi connectivity index (χ2v) is 8.98. The van der Waals surface area contributed by atoms with Gasteiger partial charge < -0.3 is 15.5 Å². The molecule has 1 aliphatic rings. The number of guanidine groups is 1. The number of hydrogen-bond donors (Lipinski definition) is 2. The molecule has 1 aromatic carbocycles. The third-order valence-corrected chi connectivity index (χ3v) is 6.14. The zero-order chi connectivity index (χ0) is 19.3. The van der Waals surface area contributed by atoms with Crippen LogP contribution in [0.1, 0.15) is 23.3 Å². The number of likely N-dealkylation sites (N-methyl/N-ethyl adjacent to an activating group) is 1. The number of rotatable bonds is 7. The molecule has 0 unspecified atom stereocenters. The first kappa shape index (κ1) is 19.9. The van der Waals surface area contributed by atoms with E-state index in [-0.39, 0.29) is 17.9 Å². The summed E-state index contributed by atoms with van der Waals surface area (Å²) in [6, 6.07) is 12.6. The van der Waals surface area contributed by atoms with Gasteiger partial charge in [0.1, 0.15) is 6.54 Å². The van der Waals surface area contributed by atoms with Crippen LogP contribution in [0.15, 0.2) is 51.2 Å². The number of carbonyl (C=O) groups is 1. The number of thiophene rings is 1. The van der Waals surface area contributed by atoms with E-state index < -0.39 is 0 Å². The fourth-order valence-corrected chi connectivity index (χ4v) is 3.88. The first-order valence-electron chi connectivity index (χ1n) is 8.99. The van der Waals surface area contributed by atoms with Gasteiger partial charge in [-0.2, -0.15) is 0 Å². The number of halogens is 1. The molecule has 0 saturated heterocycles. The molecule has 1 amide bonds. The molecule has 0 atom stereocenters. The maximum atomic E-state index is 11.9. The molecule has 27 heavy (non-hydrogen) atoms. The van der Waals surface area contributed by atoms with E-state index in [1.54, 1.807) is 30.3 Å². The van der Waals surface area contributed by atoms with Crippen molar-refractivity contribution in [2.45, 2.75) is 24.8 Å². The average Bonchev–Trinajstić information content (AvgIpc) is 3.26. The first-order chi connectivity index (χ1) is 13.0.